The maximum Gasteiger partial charge on any atom is 0.103 e. The highest BCUT2D eigenvalue weighted by molar-refractivity contribution is 4.72. The van der Waals surface area contributed by atoms with Gasteiger partial charge in [0.05, 0.1) is 26.3 Å². The zero-order valence-corrected chi connectivity index (χ0v) is 8.15. The van der Waals surface area contributed by atoms with Gasteiger partial charge in [0, 0.05) is 0 Å². The predicted molar refractivity (Wildman–Crippen MR) is 54.3 cm³/mol. The highest BCUT2D eigenvalue weighted by atomic mass is 16.3. The molecule has 0 unspecified atom stereocenters. The van der Waals surface area contributed by atoms with Crippen LogP contribution in [0.2, 0.25) is 0 Å². The molecule has 0 fully saturated rings. The van der Waals surface area contributed by atoms with E-state index in [4.69, 9.17) is 10.2 Å². The topological polar surface area (TPSA) is 40.5 Å². The second kappa shape index (κ2) is 6.83. The molecule has 0 aromatic carbocycles. The van der Waals surface area contributed by atoms with Gasteiger partial charge in [-0.2, -0.15) is 0 Å². The number of aliphatic hydroxyl groups is 2. The van der Waals surface area contributed by atoms with Crippen molar-refractivity contribution in [3.63, 3.8) is 0 Å². The Morgan fingerprint density at radius 3 is 1.54 bits per heavy atom. The Morgan fingerprint density at radius 2 is 1.31 bits per heavy atom. The molecule has 3 nitrogen and oxygen atoms in total. The molecule has 0 aromatic rings. The standard InChI is InChI=1S/C10H20NO2/c1-3-5-11(6-4-2,7-9-12)8-10-13/h3-4,12-13H,1-2,5-10H2/q+1. The Morgan fingerprint density at radius 1 is 0.923 bits per heavy atom. The van der Waals surface area contributed by atoms with Gasteiger partial charge < -0.3 is 14.7 Å². The maximum atomic E-state index is 8.92. The summed E-state index contributed by atoms with van der Waals surface area (Å²) in [7, 11) is 0. The van der Waals surface area contributed by atoms with Crippen LogP contribution in [0.5, 0.6) is 0 Å². The van der Waals surface area contributed by atoms with Crippen LogP contribution in [0.1, 0.15) is 0 Å². The summed E-state index contributed by atoms with van der Waals surface area (Å²) < 4.78 is 0.639. The van der Waals surface area contributed by atoms with Gasteiger partial charge in [-0.05, 0) is 12.2 Å². The minimum atomic E-state index is 0.127. The predicted octanol–water partition coefficient (Wildman–Crippen LogP) is 0.160. The average Bonchev–Trinajstić information content (AvgIpc) is 2.06. The summed E-state index contributed by atoms with van der Waals surface area (Å²) in [4.78, 5) is 0. The monoisotopic (exact) mass is 186 g/mol. The number of nitrogens with zero attached hydrogens (tertiary/aromatic N) is 1. The van der Waals surface area contributed by atoms with Gasteiger partial charge in [0.15, 0.2) is 0 Å². The molecule has 13 heavy (non-hydrogen) atoms. The quantitative estimate of drug-likeness (QED) is 0.419. The first-order valence-electron chi connectivity index (χ1n) is 4.53. The van der Waals surface area contributed by atoms with Crippen molar-refractivity contribution in [2.24, 2.45) is 0 Å². The molecule has 0 aliphatic rings. The van der Waals surface area contributed by atoms with Gasteiger partial charge >= 0.3 is 0 Å². The molecule has 0 saturated heterocycles. The summed E-state index contributed by atoms with van der Waals surface area (Å²) >= 11 is 0. The molecule has 3 heteroatoms. The molecule has 0 bridgehead atoms. The fraction of sp³-hybridized carbons (Fsp3) is 0.600. The fourth-order valence-corrected chi connectivity index (χ4v) is 1.52. The molecule has 0 heterocycles. The molecule has 0 amide bonds. The van der Waals surface area contributed by atoms with Crippen LogP contribution in [-0.4, -0.2) is 54.1 Å². The van der Waals surface area contributed by atoms with Gasteiger partial charge in [-0.3, -0.25) is 0 Å². The SMILES string of the molecule is C=CC[N+](CC=C)(CCO)CCO. The molecule has 0 saturated carbocycles. The second-order valence-electron chi connectivity index (χ2n) is 3.18. The summed E-state index contributed by atoms with van der Waals surface area (Å²) in [5.74, 6) is 0. The maximum absolute atomic E-state index is 8.92. The molecule has 0 rings (SSSR count). The first-order valence-corrected chi connectivity index (χ1v) is 4.53. The van der Waals surface area contributed by atoms with Crippen molar-refractivity contribution >= 4 is 0 Å². The molecular weight excluding hydrogens is 166 g/mol. The molecule has 76 valence electrons. The van der Waals surface area contributed by atoms with Crippen LogP contribution in [0, 0.1) is 0 Å². The van der Waals surface area contributed by atoms with E-state index in [0.717, 1.165) is 13.1 Å². The Bertz CT molecular complexity index is 139. The van der Waals surface area contributed by atoms with Gasteiger partial charge in [-0.25, -0.2) is 0 Å². The molecule has 0 spiro atoms. The van der Waals surface area contributed by atoms with Crippen molar-refractivity contribution in [1.29, 1.82) is 0 Å². The number of hydrogen-bond donors (Lipinski definition) is 2. The number of rotatable bonds is 8. The lowest BCUT2D eigenvalue weighted by Crippen LogP contribution is -2.51. The lowest BCUT2D eigenvalue weighted by molar-refractivity contribution is -0.917. The van der Waals surface area contributed by atoms with E-state index in [2.05, 4.69) is 13.2 Å². The molecule has 2 N–H and O–H groups in total. The lowest BCUT2D eigenvalue weighted by atomic mass is 10.3. The first-order chi connectivity index (χ1) is 6.24. The van der Waals surface area contributed by atoms with Gasteiger partial charge in [0.2, 0.25) is 0 Å². The van der Waals surface area contributed by atoms with Crippen molar-refractivity contribution < 1.29 is 14.7 Å². The van der Waals surface area contributed by atoms with E-state index in [1.165, 1.54) is 0 Å². The molecule has 0 atom stereocenters. The fourth-order valence-electron chi connectivity index (χ4n) is 1.52. The minimum absolute atomic E-state index is 0.127. The zero-order valence-electron chi connectivity index (χ0n) is 8.15. The van der Waals surface area contributed by atoms with Gasteiger partial charge in [0.25, 0.3) is 0 Å². The summed E-state index contributed by atoms with van der Waals surface area (Å²) in [5, 5.41) is 17.8. The average molecular weight is 186 g/mol. The summed E-state index contributed by atoms with van der Waals surface area (Å²) in [5.41, 5.74) is 0. The van der Waals surface area contributed by atoms with Crippen molar-refractivity contribution in [3.8, 4) is 0 Å². The van der Waals surface area contributed by atoms with E-state index < -0.39 is 0 Å². The largest absolute Gasteiger partial charge is 0.391 e. The third-order valence-corrected chi connectivity index (χ3v) is 2.18. The van der Waals surface area contributed by atoms with Crippen LogP contribution in [-0.2, 0) is 0 Å². The second-order valence-corrected chi connectivity index (χ2v) is 3.18. The van der Waals surface area contributed by atoms with E-state index in [0.29, 0.717) is 17.6 Å². The Hall–Kier alpha value is -0.640. The molecular formula is C10H20NO2+. The molecule has 0 aromatic heterocycles. The normalized spacial score (nSPS) is 11.2. The van der Waals surface area contributed by atoms with Crippen molar-refractivity contribution in [3.05, 3.63) is 25.3 Å². The van der Waals surface area contributed by atoms with E-state index in [1.54, 1.807) is 0 Å². The van der Waals surface area contributed by atoms with Gasteiger partial charge in [0.1, 0.15) is 13.1 Å². The van der Waals surface area contributed by atoms with E-state index in [9.17, 15) is 0 Å². The van der Waals surface area contributed by atoms with Gasteiger partial charge in [-0.1, -0.05) is 13.2 Å². The van der Waals surface area contributed by atoms with Crippen LogP contribution in [0.3, 0.4) is 0 Å². The van der Waals surface area contributed by atoms with Gasteiger partial charge in [-0.15, -0.1) is 0 Å². The van der Waals surface area contributed by atoms with Crippen molar-refractivity contribution in [2.45, 2.75) is 0 Å². The highest BCUT2D eigenvalue weighted by Crippen LogP contribution is 2.06. The summed E-state index contributed by atoms with van der Waals surface area (Å²) in [6, 6.07) is 0. The Kier molecular flexibility index (Phi) is 6.49. The van der Waals surface area contributed by atoms with E-state index in [1.807, 2.05) is 12.2 Å². The van der Waals surface area contributed by atoms with Crippen molar-refractivity contribution in [2.75, 3.05) is 39.4 Å². The highest BCUT2D eigenvalue weighted by Gasteiger charge is 2.22. The Balaban J connectivity index is 4.35. The number of aliphatic hydroxyl groups excluding tert-OH is 2. The van der Waals surface area contributed by atoms with Crippen LogP contribution in [0.25, 0.3) is 0 Å². The zero-order chi connectivity index (χ0) is 10.2. The number of hydrogen-bond acceptors (Lipinski definition) is 2. The minimum Gasteiger partial charge on any atom is -0.391 e. The van der Waals surface area contributed by atoms with Crippen molar-refractivity contribution in [1.82, 2.24) is 0 Å². The van der Waals surface area contributed by atoms with E-state index >= 15 is 0 Å². The molecule has 0 aliphatic carbocycles. The third kappa shape index (κ3) is 4.22. The third-order valence-electron chi connectivity index (χ3n) is 2.18. The lowest BCUT2D eigenvalue weighted by Gasteiger charge is -2.35. The molecule has 0 radical (unpaired) electrons. The smallest absolute Gasteiger partial charge is 0.103 e. The number of quaternary nitrogens is 1. The summed E-state index contributed by atoms with van der Waals surface area (Å²) in [6.45, 7) is 10.4. The summed E-state index contributed by atoms with van der Waals surface area (Å²) in [6.07, 6.45) is 3.63. The van der Waals surface area contributed by atoms with Crippen LogP contribution < -0.4 is 0 Å². The van der Waals surface area contributed by atoms with Crippen LogP contribution >= 0.6 is 0 Å². The van der Waals surface area contributed by atoms with Crippen LogP contribution in [0.4, 0.5) is 0 Å². The van der Waals surface area contributed by atoms with Crippen LogP contribution in [0.15, 0.2) is 25.3 Å². The van der Waals surface area contributed by atoms with E-state index in [-0.39, 0.29) is 13.2 Å². The Labute approximate surface area is 80.2 Å². The molecule has 0 aliphatic heterocycles. The first kappa shape index (κ1) is 12.4.